The van der Waals surface area contributed by atoms with Crippen LogP contribution in [0.25, 0.3) is 4.85 Å². The van der Waals surface area contributed by atoms with E-state index in [2.05, 4.69) is 37.2 Å². The fourth-order valence-corrected chi connectivity index (χ4v) is 4.90. The molecule has 2 saturated heterocycles. The molecule has 2 heterocycles. The predicted octanol–water partition coefficient (Wildman–Crippen LogP) is 3.23. The molecule has 6 nitrogen and oxygen atoms in total. The van der Waals surface area contributed by atoms with Crippen LogP contribution in [0.2, 0.25) is 0 Å². The molecule has 0 aromatic heterocycles. The maximum atomic E-state index is 8.20. The molecule has 0 aromatic rings. The fourth-order valence-electron chi connectivity index (χ4n) is 3.09. The monoisotopic (exact) mass is 345 g/mol. The third-order valence-corrected chi connectivity index (χ3v) is 6.31. The van der Waals surface area contributed by atoms with Gasteiger partial charge in [0.2, 0.25) is 6.54 Å². The molecule has 0 aliphatic carbocycles. The van der Waals surface area contributed by atoms with Crippen LogP contribution in [0, 0.1) is 6.57 Å². The first-order valence-electron chi connectivity index (χ1n) is 8.80. The summed E-state index contributed by atoms with van der Waals surface area (Å²) < 4.78 is 34.4. The number of fused-ring (bicyclic) bond motifs is 2. The molecule has 0 radical (unpaired) electrons. The summed E-state index contributed by atoms with van der Waals surface area (Å²) in [5.74, 6) is 0. The van der Waals surface area contributed by atoms with E-state index in [0.29, 0.717) is 26.4 Å². The summed E-state index contributed by atoms with van der Waals surface area (Å²) in [7, 11) is -1.35. The zero-order chi connectivity index (χ0) is 17.9. The highest BCUT2D eigenvalue weighted by Gasteiger charge is 2.58. The number of rotatable bonds is 9. The van der Waals surface area contributed by atoms with E-state index >= 15 is 0 Å². The molecule has 5 atom stereocenters. The Balaban J connectivity index is 2.17. The molecule has 2 aliphatic heterocycles. The van der Waals surface area contributed by atoms with Crippen molar-refractivity contribution in [3.05, 3.63) is 11.4 Å². The Hall–Kier alpha value is -0.280. The van der Waals surface area contributed by atoms with Crippen LogP contribution < -0.4 is 0 Å². The molecule has 0 aromatic carbocycles. The summed E-state index contributed by atoms with van der Waals surface area (Å²) in [6.07, 6.45) is -0.890. The molecule has 2 aliphatic rings. The van der Waals surface area contributed by atoms with Gasteiger partial charge >= 0.3 is 0 Å². The van der Waals surface area contributed by atoms with Crippen molar-refractivity contribution in [3.63, 3.8) is 0 Å². The Morgan fingerprint density at radius 2 is 2.13 bits per heavy atom. The van der Waals surface area contributed by atoms with E-state index < -0.39 is 20.5 Å². The molecule has 132 valence electrons. The van der Waals surface area contributed by atoms with Crippen LogP contribution in [-0.4, -0.2) is 60.9 Å². The van der Waals surface area contributed by atoms with Crippen LogP contribution in [0.1, 0.15) is 42.4 Å². The van der Waals surface area contributed by atoms with Crippen molar-refractivity contribution in [3.8, 4) is 0 Å². The van der Waals surface area contributed by atoms with E-state index in [1.54, 1.807) is 0 Å². The van der Waals surface area contributed by atoms with E-state index in [1.807, 2.05) is 6.92 Å². The third-order valence-electron chi connectivity index (χ3n) is 4.20. The maximum absolute atomic E-state index is 8.20. The van der Waals surface area contributed by atoms with Gasteiger partial charge in [0.15, 0.2) is 0 Å². The average Bonchev–Trinajstić information content (AvgIpc) is 3.03. The molecule has 23 heavy (non-hydrogen) atoms. The van der Waals surface area contributed by atoms with Crippen molar-refractivity contribution >= 4 is 8.53 Å². The normalized spacial score (nSPS) is 33.3. The van der Waals surface area contributed by atoms with E-state index in [0.717, 1.165) is 0 Å². The van der Waals surface area contributed by atoms with Gasteiger partial charge in [-0.15, -0.1) is 0 Å². The number of ether oxygens (including phenoxy) is 2. The van der Waals surface area contributed by atoms with Gasteiger partial charge in [-0.05, 0) is 34.1 Å². The van der Waals surface area contributed by atoms with Crippen LogP contribution in [0.3, 0.4) is 0 Å². The summed E-state index contributed by atoms with van der Waals surface area (Å²) in [5, 5.41) is 0. The van der Waals surface area contributed by atoms with E-state index in [9.17, 15) is 0 Å². The third kappa shape index (κ3) is 4.04. The fraction of sp³-hybridized carbons (Fsp3) is 0.938. The predicted molar refractivity (Wildman–Crippen MR) is 90.0 cm³/mol. The summed E-state index contributed by atoms with van der Waals surface area (Å²) in [6, 6.07) is 0.489. The van der Waals surface area contributed by atoms with Gasteiger partial charge in [-0.3, -0.25) is 0 Å². The number of hydrogen-bond donors (Lipinski definition) is 0. The summed E-state index contributed by atoms with van der Waals surface area (Å²) in [6.45, 7) is 18.7. The van der Waals surface area contributed by atoms with E-state index in [1.165, 1.54) is 0 Å². The van der Waals surface area contributed by atoms with Crippen molar-refractivity contribution < 1.29 is 19.9 Å². The standard InChI is InChI=1S/C16H29N2O4P/c1-7-16-11-19-14(10-20-16)15(16)22-23(21-9-8-17-6)18(12(2)3)13(4)5/h12-15H,7-11H2,1-5H3/t14-,15-,16-,23?/m0/s1/i7D/t7-,14+,15+,16+,23?/m1. The van der Waals surface area contributed by atoms with Crippen LogP contribution in [0.15, 0.2) is 0 Å². The second kappa shape index (κ2) is 8.20. The van der Waals surface area contributed by atoms with Crippen molar-refractivity contribution in [1.29, 1.82) is 0 Å². The van der Waals surface area contributed by atoms with Gasteiger partial charge < -0.3 is 23.4 Å². The molecule has 2 fully saturated rings. The maximum Gasteiger partial charge on any atom is 0.259 e. The van der Waals surface area contributed by atoms with Gasteiger partial charge in [0, 0.05) is 13.5 Å². The molecule has 1 unspecified atom stereocenters. The van der Waals surface area contributed by atoms with Crippen LogP contribution in [0.5, 0.6) is 0 Å². The minimum Gasteiger partial charge on any atom is -0.370 e. The highest BCUT2D eigenvalue weighted by Crippen LogP contribution is 2.52. The Morgan fingerprint density at radius 3 is 2.61 bits per heavy atom. The Bertz CT molecular complexity index is 442. The zero-order valence-electron chi connectivity index (χ0n) is 15.7. The highest BCUT2D eigenvalue weighted by molar-refractivity contribution is 7.44. The van der Waals surface area contributed by atoms with Gasteiger partial charge in [-0.2, -0.15) is 0 Å². The molecule has 7 heteroatoms. The second-order valence-electron chi connectivity index (χ2n) is 6.45. The lowest BCUT2D eigenvalue weighted by molar-refractivity contribution is -0.101. The lowest BCUT2D eigenvalue weighted by Gasteiger charge is -2.38. The first-order chi connectivity index (χ1) is 11.3. The van der Waals surface area contributed by atoms with Crippen molar-refractivity contribution in [2.24, 2.45) is 0 Å². The van der Waals surface area contributed by atoms with Gasteiger partial charge in [0.05, 0.1) is 13.2 Å². The summed E-state index contributed by atoms with van der Waals surface area (Å²) >= 11 is 0. The topological polar surface area (TPSA) is 44.5 Å². The Kier molecular flexibility index (Phi) is 6.25. The average molecular weight is 345 g/mol. The minimum absolute atomic E-state index is 0.145. The molecule has 0 spiro atoms. The van der Waals surface area contributed by atoms with E-state index in [4.69, 9.17) is 26.5 Å². The van der Waals surface area contributed by atoms with Crippen LogP contribution >= 0.6 is 8.53 Å². The first-order valence-corrected chi connectivity index (χ1v) is 9.35. The van der Waals surface area contributed by atoms with Gasteiger partial charge in [-0.1, -0.05) is 6.92 Å². The quantitative estimate of drug-likeness (QED) is 0.365. The summed E-state index contributed by atoms with van der Waals surface area (Å²) in [5.41, 5.74) is -0.714. The largest absolute Gasteiger partial charge is 0.370 e. The smallest absolute Gasteiger partial charge is 0.259 e. The summed E-state index contributed by atoms with van der Waals surface area (Å²) in [4.78, 5) is 3.35. The molecule has 0 N–H and O–H groups in total. The van der Waals surface area contributed by atoms with Crippen molar-refractivity contribution in [1.82, 2.24) is 4.67 Å². The molecular formula is C16H29N2O4P. The molecule has 0 amide bonds. The van der Waals surface area contributed by atoms with Gasteiger partial charge in [-0.25, -0.2) is 11.2 Å². The van der Waals surface area contributed by atoms with E-state index in [-0.39, 0.29) is 24.3 Å². The second-order valence-corrected chi connectivity index (χ2v) is 7.86. The number of nitrogens with zero attached hydrogens (tertiary/aromatic N) is 2. The Labute approximate surface area is 142 Å². The molecule has 2 rings (SSSR count). The minimum atomic E-state index is -1.35. The number of hydrogen-bond acceptors (Lipinski definition) is 5. The SMILES string of the molecule is [2H][C@H](C)[C@@]12CO[C@@H](CO1)[C@@H]2OP(OCC[N+]#[C-])N(C(C)C)C(C)C. The lowest BCUT2D eigenvalue weighted by Crippen LogP contribution is -2.42. The highest BCUT2D eigenvalue weighted by atomic mass is 31.2. The first kappa shape index (κ1) is 17.5. The molecule has 2 bridgehead atoms. The molecular weight excluding hydrogens is 315 g/mol. The van der Waals surface area contributed by atoms with Gasteiger partial charge in [0.25, 0.3) is 8.53 Å². The zero-order valence-corrected chi connectivity index (χ0v) is 15.6. The van der Waals surface area contributed by atoms with Crippen molar-refractivity contribution in [2.75, 3.05) is 26.4 Å². The van der Waals surface area contributed by atoms with Crippen molar-refractivity contribution in [2.45, 2.75) is 70.9 Å². The van der Waals surface area contributed by atoms with Crippen LogP contribution in [-0.2, 0) is 18.5 Å². The lowest BCUT2D eigenvalue weighted by atomic mass is 9.97. The van der Waals surface area contributed by atoms with Crippen LogP contribution in [0.4, 0.5) is 0 Å². The van der Waals surface area contributed by atoms with Gasteiger partial charge in [0.1, 0.15) is 24.4 Å². The molecule has 0 saturated carbocycles. The Morgan fingerprint density at radius 1 is 1.43 bits per heavy atom.